The number of nitrogens with one attached hydrogen (secondary N) is 2. The largest absolute Gasteiger partial charge is 0.366 e. The first-order valence-electron chi connectivity index (χ1n) is 4.64. The number of thioether (sulfide) groups is 1. The van der Waals surface area contributed by atoms with Crippen molar-refractivity contribution in [3.05, 3.63) is 0 Å². The second-order valence-electron chi connectivity index (χ2n) is 3.03. The van der Waals surface area contributed by atoms with Crippen molar-refractivity contribution in [1.29, 1.82) is 0 Å². The average Bonchev–Trinajstić information content (AvgIpc) is 2.20. The van der Waals surface area contributed by atoms with Crippen molar-refractivity contribution in [2.24, 2.45) is 0 Å². The molecule has 0 heterocycles. The van der Waals surface area contributed by atoms with Gasteiger partial charge in [-0.1, -0.05) is 13.8 Å². The van der Waals surface area contributed by atoms with Gasteiger partial charge in [0.05, 0.1) is 0 Å². The molecule has 0 aromatic carbocycles. The lowest BCUT2D eigenvalue weighted by Gasteiger charge is -2.30. The molecular weight excluding hydrogens is 200 g/mol. The Labute approximate surface area is 91.2 Å². The fraction of sp³-hybridized carbons (Fsp3) is 0.889. The van der Waals surface area contributed by atoms with Gasteiger partial charge in [-0.25, -0.2) is 0 Å². The molecule has 0 aromatic rings. The van der Waals surface area contributed by atoms with E-state index in [2.05, 4.69) is 30.7 Å². The molecule has 0 rings (SSSR count). The molecule has 0 unspecified atom stereocenters. The predicted octanol–water partition coefficient (Wildman–Crippen LogP) is 2.00. The molecule has 0 fully saturated rings. The minimum absolute atomic E-state index is 0.334. The first-order valence-corrected chi connectivity index (χ1v) is 6.28. The topological polar surface area (TPSA) is 24.1 Å². The SMILES string of the molecule is CCC(CC)(CNC(=S)NC)SC. The Morgan fingerprint density at radius 1 is 1.38 bits per heavy atom. The monoisotopic (exact) mass is 220 g/mol. The quantitative estimate of drug-likeness (QED) is 0.692. The van der Waals surface area contributed by atoms with Crippen molar-refractivity contribution in [3.8, 4) is 0 Å². The smallest absolute Gasteiger partial charge is 0.166 e. The van der Waals surface area contributed by atoms with E-state index in [-0.39, 0.29) is 0 Å². The van der Waals surface area contributed by atoms with E-state index in [0.717, 1.165) is 11.7 Å². The Morgan fingerprint density at radius 2 is 1.92 bits per heavy atom. The van der Waals surface area contributed by atoms with Gasteiger partial charge >= 0.3 is 0 Å². The Kier molecular flexibility index (Phi) is 6.51. The van der Waals surface area contributed by atoms with Crippen molar-refractivity contribution in [2.75, 3.05) is 19.8 Å². The van der Waals surface area contributed by atoms with Crippen LogP contribution < -0.4 is 10.6 Å². The zero-order chi connectivity index (χ0) is 10.3. The van der Waals surface area contributed by atoms with E-state index in [1.165, 1.54) is 12.8 Å². The molecule has 0 atom stereocenters. The average molecular weight is 220 g/mol. The molecule has 0 radical (unpaired) electrons. The zero-order valence-corrected chi connectivity index (χ0v) is 10.6. The van der Waals surface area contributed by atoms with Crippen molar-refractivity contribution >= 4 is 29.1 Å². The summed E-state index contributed by atoms with van der Waals surface area (Å²) in [4.78, 5) is 0. The fourth-order valence-electron chi connectivity index (χ4n) is 1.19. The zero-order valence-electron chi connectivity index (χ0n) is 8.94. The van der Waals surface area contributed by atoms with Gasteiger partial charge in [-0.2, -0.15) is 11.8 Å². The molecule has 2 N–H and O–H groups in total. The van der Waals surface area contributed by atoms with Crippen LogP contribution in [0.2, 0.25) is 0 Å². The lowest BCUT2D eigenvalue weighted by atomic mass is 10.0. The minimum Gasteiger partial charge on any atom is -0.366 e. The number of thiocarbonyl (C=S) groups is 1. The molecule has 0 amide bonds. The van der Waals surface area contributed by atoms with Gasteiger partial charge in [-0.05, 0) is 31.3 Å². The van der Waals surface area contributed by atoms with Gasteiger partial charge in [0, 0.05) is 18.3 Å². The Bertz CT molecular complexity index is 147. The van der Waals surface area contributed by atoms with E-state index < -0.39 is 0 Å². The summed E-state index contributed by atoms with van der Waals surface area (Å²) >= 11 is 6.96. The maximum absolute atomic E-state index is 5.04. The molecule has 78 valence electrons. The van der Waals surface area contributed by atoms with Crippen LogP contribution >= 0.6 is 24.0 Å². The van der Waals surface area contributed by atoms with E-state index in [9.17, 15) is 0 Å². The van der Waals surface area contributed by atoms with Gasteiger partial charge in [-0.15, -0.1) is 0 Å². The van der Waals surface area contributed by atoms with E-state index in [1.807, 2.05) is 18.8 Å². The summed E-state index contributed by atoms with van der Waals surface area (Å²) in [6.07, 6.45) is 4.51. The number of rotatable bonds is 5. The van der Waals surface area contributed by atoms with E-state index in [1.54, 1.807) is 0 Å². The third-order valence-electron chi connectivity index (χ3n) is 2.52. The third-order valence-corrected chi connectivity index (χ3v) is 4.46. The van der Waals surface area contributed by atoms with Crippen LogP contribution in [0.4, 0.5) is 0 Å². The summed E-state index contributed by atoms with van der Waals surface area (Å²) in [6.45, 7) is 5.40. The van der Waals surface area contributed by atoms with Gasteiger partial charge < -0.3 is 10.6 Å². The maximum atomic E-state index is 5.04. The molecule has 0 aliphatic rings. The van der Waals surface area contributed by atoms with Crippen molar-refractivity contribution in [2.45, 2.75) is 31.4 Å². The van der Waals surface area contributed by atoms with Crippen LogP contribution in [0, 0.1) is 0 Å². The second-order valence-corrected chi connectivity index (χ2v) is 4.71. The molecule has 0 saturated carbocycles. The number of hydrogen-bond acceptors (Lipinski definition) is 2. The van der Waals surface area contributed by atoms with Crippen LogP contribution in [0.5, 0.6) is 0 Å². The van der Waals surface area contributed by atoms with E-state index >= 15 is 0 Å². The Hall–Kier alpha value is 0.0400. The van der Waals surface area contributed by atoms with Gasteiger partial charge in [0.1, 0.15) is 0 Å². The van der Waals surface area contributed by atoms with Gasteiger partial charge in [0.25, 0.3) is 0 Å². The fourth-order valence-corrected chi connectivity index (χ4v) is 2.06. The lowest BCUT2D eigenvalue weighted by molar-refractivity contribution is 0.536. The summed E-state index contributed by atoms with van der Waals surface area (Å²) in [5.41, 5.74) is 0. The maximum Gasteiger partial charge on any atom is 0.166 e. The van der Waals surface area contributed by atoms with E-state index in [4.69, 9.17) is 12.2 Å². The van der Waals surface area contributed by atoms with Crippen LogP contribution in [0.25, 0.3) is 0 Å². The molecule has 0 aromatic heterocycles. The summed E-state index contributed by atoms with van der Waals surface area (Å²) < 4.78 is 0.334. The van der Waals surface area contributed by atoms with Crippen LogP contribution in [0.1, 0.15) is 26.7 Å². The first-order chi connectivity index (χ1) is 6.14. The molecule has 0 saturated heterocycles. The van der Waals surface area contributed by atoms with Crippen LogP contribution in [0.15, 0.2) is 0 Å². The summed E-state index contributed by atoms with van der Waals surface area (Å²) in [6, 6.07) is 0. The highest BCUT2D eigenvalue weighted by Gasteiger charge is 2.24. The van der Waals surface area contributed by atoms with Crippen molar-refractivity contribution in [1.82, 2.24) is 10.6 Å². The Balaban J connectivity index is 4.02. The summed E-state index contributed by atoms with van der Waals surface area (Å²) in [5, 5.41) is 6.88. The predicted molar refractivity (Wildman–Crippen MR) is 66.5 cm³/mol. The molecule has 0 aliphatic carbocycles. The first kappa shape index (κ1) is 13.0. The van der Waals surface area contributed by atoms with Crippen LogP contribution in [-0.2, 0) is 0 Å². The molecule has 0 aliphatic heterocycles. The molecule has 2 nitrogen and oxygen atoms in total. The van der Waals surface area contributed by atoms with Gasteiger partial charge in [0.15, 0.2) is 5.11 Å². The normalized spacial score (nSPS) is 11.1. The second kappa shape index (κ2) is 6.49. The molecule has 0 spiro atoms. The highest BCUT2D eigenvalue weighted by atomic mass is 32.2. The highest BCUT2D eigenvalue weighted by molar-refractivity contribution is 8.00. The molecular formula is C9H20N2S2. The summed E-state index contributed by atoms with van der Waals surface area (Å²) in [7, 11) is 1.84. The van der Waals surface area contributed by atoms with Gasteiger partial charge in [0.2, 0.25) is 0 Å². The van der Waals surface area contributed by atoms with Crippen LogP contribution in [-0.4, -0.2) is 29.7 Å². The molecule has 0 bridgehead atoms. The van der Waals surface area contributed by atoms with Gasteiger partial charge in [-0.3, -0.25) is 0 Å². The van der Waals surface area contributed by atoms with E-state index in [0.29, 0.717) is 4.75 Å². The minimum atomic E-state index is 0.334. The molecule has 4 heteroatoms. The standard InChI is InChI=1S/C9H20N2S2/c1-5-9(6-2,13-4)7-11-8(12)10-3/h5-7H2,1-4H3,(H2,10,11,12). The summed E-state index contributed by atoms with van der Waals surface area (Å²) in [5.74, 6) is 0. The highest BCUT2D eigenvalue weighted by Crippen LogP contribution is 2.29. The molecule has 13 heavy (non-hydrogen) atoms. The van der Waals surface area contributed by atoms with Crippen molar-refractivity contribution in [3.63, 3.8) is 0 Å². The third kappa shape index (κ3) is 4.18. The van der Waals surface area contributed by atoms with Crippen LogP contribution in [0.3, 0.4) is 0 Å². The van der Waals surface area contributed by atoms with Crippen molar-refractivity contribution < 1.29 is 0 Å². The number of hydrogen-bond donors (Lipinski definition) is 2. The lowest BCUT2D eigenvalue weighted by Crippen LogP contribution is -2.42. The Morgan fingerprint density at radius 3 is 2.23 bits per heavy atom.